The first-order valence-electron chi connectivity index (χ1n) is 9.01. The highest BCUT2D eigenvalue weighted by Gasteiger charge is 2.12. The number of halogens is 2. The van der Waals surface area contributed by atoms with Gasteiger partial charge in [0.15, 0.2) is 11.5 Å². The normalized spacial score (nSPS) is 10.6. The molecule has 146 valence electrons. The van der Waals surface area contributed by atoms with E-state index in [0.29, 0.717) is 13.2 Å². The molecular formula is C23H23ClINO2. The smallest absolute Gasteiger partial charge is 0.174 e. The molecule has 0 saturated heterocycles. The summed E-state index contributed by atoms with van der Waals surface area (Å²) in [7, 11) is 1.67. The van der Waals surface area contributed by atoms with Gasteiger partial charge in [0.05, 0.1) is 10.7 Å². The van der Waals surface area contributed by atoms with Crippen molar-refractivity contribution in [2.45, 2.75) is 27.0 Å². The molecule has 0 aliphatic heterocycles. The van der Waals surface area contributed by atoms with E-state index in [-0.39, 0.29) is 0 Å². The van der Waals surface area contributed by atoms with Crippen LogP contribution in [0.2, 0.25) is 5.02 Å². The number of anilines is 1. The van der Waals surface area contributed by atoms with Gasteiger partial charge in [-0.1, -0.05) is 29.8 Å². The first-order valence-corrected chi connectivity index (χ1v) is 10.5. The number of aryl methyl sites for hydroxylation is 2. The summed E-state index contributed by atoms with van der Waals surface area (Å²) in [5.41, 5.74) is 5.88. The molecule has 0 radical (unpaired) electrons. The lowest BCUT2D eigenvalue weighted by atomic mass is 10.1. The second-order valence-corrected chi connectivity index (χ2v) is 8.28. The minimum atomic E-state index is 0.462. The van der Waals surface area contributed by atoms with Gasteiger partial charge in [-0.05, 0) is 95.1 Å². The van der Waals surface area contributed by atoms with Crippen LogP contribution in [-0.4, -0.2) is 7.11 Å². The minimum Gasteiger partial charge on any atom is -0.493 e. The van der Waals surface area contributed by atoms with Crippen molar-refractivity contribution in [1.29, 1.82) is 0 Å². The summed E-state index contributed by atoms with van der Waals surface area (Å²) < 4.78 is 12.6. The highest BCUT2D eigenvalue weighted by atomic mass is 127. The Morgan fingerprint density at radius 1 is 0.929 bits per heavy atom. The Morgan fingerprint density at radius 3 is 2.36 bits per heavy atom. The molecule has 0 aliphatic carbocycles. The second-order valence-electron chi connectivity index (χ2n) is 6.68. The van der Waals surface area contributed by atoms with Gasteiger partial charge in [0, 0.05) is 17.3 Å². The van der Waals surface area contributed by atoms with Crippen molar-refractivity contribution in [3.8, 4) is 11.5 Å². The molecule has 3 aromatic carbocycles. The van der Waals surface area contributed by atoms with Crippen LogP contribution in [0, 0.1) is 17.4 Å². The van der Waals surface area contributed by atoms with Crippen LogP contribution < -0.4 is 14.8 Å². The molecule has 0 heterocycles. The lowest BCUT2D eigenvalue weighted by Crippen LogP contribution is -2.04. The minimum absolute atomic E-state index is 0.462. The summed E-state index contributed by atoms with van der Waals surface area (Å²) in [5, 5.41) is 4.20. The summed E-state index contributed by atoms with van der Waals surface area (Å²) in [6.45, 7) is 5.42. The molecule has 0 aliphatic rings. The van der Waals surface area contributed by atoms with Crippen LogP contribution in [0.5, 0.6) is 11.5 Å². The van der Waals surface area contributed by atoms with Crippen LogP contribution in [0.25, 0.3) is 0 Å². The maximum Gasteiger partial charge on any atom is 0.174 e. The van der Waals surface area contributed by atoms with Crippen LogP contribution in [-0.2, 0) is 13.2 Å². The lowest BCUT2D eigenvalue weighted by Gasteiger charge is -2.15. The fourth-order valence-electron chi connectivity index (χ4n) is 2.81. The maximum atomic E-state index is 6.04. The lowest BCUT2D eigenvalue weighted by molar-refractivity contribution is 0.282. The summed E-state index contributed by atoms with van der Waals surface area (Å²) in [4.78, 5) is 0. The Kier molecular flexibility index (Phi) is 7.08. The van der Waals surface area contributed by atoms with E-state index < -0.39 is 0 Å². The van der Waals surface area contributed by atoms with Gasteiger partial charge in [0.25, 0.3) is 0 Å². The van der Waals surface area contributed by atoms with Crippen LogP contribution in [0.15, 0.2) is 54.6 Å². The van der Waals surface area contributed by atoms with E-state index in [1.54, 1.807) is 7.11 Å². The molecule has 1 N–H and O–H groups in total. The zero-order chi connectivity index (χ0) is 20.1. The van der Waals surface area contributed by atoms with Crippen LogP contribution in [0.4, 0.5) is 5.69 Å². The highest BCUT2D eigenvalue weighted by Crippen LogP contribution is 2.35. The van der Waals surface area contributed by atoms with Gasteiger partial charge in [-0.2, -0.15) is 0 Å². The molecule has 28 heavy (non-hydrogen) atoms. The number of rotatable bonds is 7. The van der Waals surface area contributed by atoms with Crippen molar-refractivity contribution < 1.29 is 9.47 Å². The quantitative estimate of drug-likeness (QED) is 0.358. The molecule has 0 unspecified atom stereocenters. The summed E-state index contributed by atoms with van der Waals surface area (Å²) in [6.07, 6.45) is 0. The summed E-state index contributed by atoms with van der Waals surface area (Å²) in [6, 6.07) is 18.2. The number of hydrogen-bond donors (Lipinski definition) is 1. The largest absolute Gasteiger partial charge is 0.493 e. The molecular weight excluding hydrogens is 485 g/mol. The summed E-state index contributed by atoms with van der Waals surface area (Å²) >= 11 is 8.23. The van der Waals surface area contributed by atoms with Crippen molar-refractivity contribution in [2.24, 2.45) is 0 Å². The third-order valence-electron chi connectivity index (χ3n) is 4.59. The van der Waals surface area contributed by atoms with Gasteiger partial charge < -0.3 is 14.8 Å². The fraction of sp³-hybridized carbons (Fsp3) is 0.217. The zero-order valence-corrected chi connectivity index (χ0v) is 19.1. The van der Waals surface area contributed by atoms with E-state index in [1.165, 1.54) is 11.1 Å². The molecule has 3 rings (SSSR count). The first-order chi connectivity index (χ1) is 13.5. The standard InChI is InChI=1S/C23H23ClINO2/c1-15-4-9-20(10-16(15)2)26-13-18-11-21(25)23(22(12-18)27-3)28-14-17-5-7-19(24)8-6-17/h4-12,26H,13-14H2,1-3H3. The Labute approximate surface area is 185 Å². The number of hydrogen-bond acceptors (Lipinski definition) is 3. The van der Waals surface area contributed by atoms with E-state index in [2.05, 4.69) is 66.0 Å². The first kappa shape index (κ1) is 20.8. The third-order valence-corrected chi connectivity index (χ3v) is 5.64. The predicted octanol–water partition coefficient (Wildman–Crippen LogP) is 6.76. The summed E-state index contributed by atoms with van der Waals surface area (Å²) in [5.74, 6) is 1.49. The molecule has 0 bridgehead atoms. The van der Waals surface area contributed by atoms with Gasteiger partial charge in [-0.15, -0.1) is 0 Å². The number of benzene rings is 3. The van der Waals surface area contributed by atoms with Gasteiger partial charge >= 0.3 is 0 Å². The average molecular weight is 508 g/mol. The SMILES string of the molecule is COc1cc(CNc2ccc(C)c(C)c2)cc(I)c1OCc1ccc(Cl)cc1. The highest BCUT2D eigenvalue weighted by molar-refractivity contribution is 14.1. The zero-order valence-electron chi connectivity index (χ0n) is 16.2. The number of nitrogens with one attached hydrogen (secondary N) is 1. The third kappa shape index (κ3) is 5.32. The average Bonchev–Trinajstić information content (AvgIpc) is 2.69. The van der Waals surface area contributed by atoms with Gasteiger partial charge in [0.2, 0.25) is 0 Å². The number of methoxy groups -OCH3 is 1. The molecule has 0 aromatic heterocycles. The Morgan fingerprint density at radius 2 is 1.68 bits per heavy atom. The Bertz CT molecular complexity index is 958. The van der Waals surface area contributed by atoms with E-state index in [4.69, 9.17) is 21.1 Å². The van der Waals surface area contributed by atoms with Crippen molar-refractivity contribution in [3.05, 3.63) is 85.4 Å². The van der Waals surface area contributed by atoms with Crippen molar-refractivity contribution >= 4 is 39.9 Å². The molecule has 0 atom stereocenters. The fourth-order valence-corrected chi connectivity index (χ4v) is 3.75. The molecule has 0 amide bonds. The van der Waals surface area contributed by atoms with Crippen LogP contribution >= 0.6 is 34.2 Å². The molecule has 5 heteroatoms. The Hall–Kier alpha value is -1.92. The van der Waals surface area contributed by atoms with Crippen LogP contribution in [0.3, 0.4) is 0 Å². The number of ether oxygens (including phenoxy) is 2. The van der Waals surface area contributed by atoms with Crippen molar-refractivity contribution in [2.75, 3.05) is 12.4 Å². The molecule has 0 saturated carbocycles. The molecule has 3 aromatic rings. The van der Waals surface area contributed by atoms with Gasteiger partial charge in [-0.3, -0.25) is 0 Å². The molecule has 0 fully saturated rings. The monoisotopic (exact) mass is 507 g/mol. The predicted molar refractivity (Wildman–Crippen MR) is 125 cm³/mol. The van der Waals surface area contributed by atoms with Gasteiger partial charge in [-0.25, -0.2) is 0 Å². The van der Waals surface area contributed by atoms with Crippen molar-refractivity contribution in [3.63, 3.8) is 0 Å². The van der Waals surface area contributed by atoms with E-state index in [9.17, 15) is 0 Å². The second kappa shape index (κ2) is 9.52. The van der Waals surface area contributed by atoms with Crippen molar-refractivity contribution in [1.82, 2.24) is 0 Å². The van der Waals surface area contributed by atoms with Crippen LogP contribution in [0.1, 0.15) is 22.3 Å². The molecule has 0 spiro atoms. The van der Waals surface area contributed by atoms with E-state index >= 15 is 0 Å². The topological polar surface area (TPSA) is 30.5 Å². The van der Waals surface area contributed by atoms with Gasteiger partial charge in [0.1, 0.15) is 6.61 Å². The van der Waals surface area contributed by atoms with E-state index in [1.807, 2.05) is 30.3 Å². The molecule has 3 nitrogen and oxygen atoms in total. The maximum absolute atomic E-state index is 6.04. The Balaban J connectivity index is 1.71. The van der Waals surface area contributed by atoms with E-state index in [0.717, 1.165) is 36.9 Å².